The number of furan rings is 1. The number of benzene rings is 1. The summed E-state index contributed by atoms with van der Waals surface area (Å²) in [5.74, 6) is 1.15. The number of ketones is 1. The van der Waals surface area contributed by atoms with E-state index in [1.165, 1.54) is 6.26 Å². The predicted molar refractivity (Wildman–Crippen MR) is 67.5 cm³/mol. The summed E-state index contributed by atoms with van der Waals surface area (Å²) in [6.07, 6.45) is 5.46. The van der Waals surface area contributed by atoms with E-state index in [2.05, 4.69) is 0 Å². The summed E-state index contributed by atoms with van der Waals surface area (Å²) < 4.78 is 10.8. The van der Waals surface area contributed by atoms with E-state index in [-0.39, 0.29) is 11.9 Å². The molecule has 0 N–H and O–H groups in total. The number of carbonyl (C=O) groups is 1. The number of carbonyl (C=O) groups excluding carboxylic acids is 1. The van der Waals surface area contributed by atoms with Crippen LogP contribution in [-0.2, 0) is 0 Å². The maximum Gasteiger partial charge on any atom is 0.202 e. The van der Waals surface area contributed by atoms with Crippen molar-refractivity contribution in [1.29, 1.82) is 0 Å². The van der Waals surface area contributed by atoms with Gasteiger partial charge in [-0.2, -0.15) is 0 Å². The van der Waals surface area contributed by atoms with Gasteiger partial charge in [-0.1, -0.05) is 24.3 Å². The van der Waals surface area contributed by atoms with Crippen LogP contribution in [0.15, 0.2) is 53.2 Å². The third-order valence-electron chi connectivity index (χ3n) is 2.87. The molecule has 1 aromatic heterocycles. The average Bonchev–Trinajstić information content (AvgIpc) is 2.92. The van der Waals surface area contributed by atoms with Crippen LogP contribution in [0.1, 0.15) is 22.5 Å². The number of Topliss-reactive ketones (excluding diaryl/α,β-unsaturated/α-hetero) is 1. The minimum atomic E-state index is -0.225. The zero-order chi connectivity index (χ0) is 12.4. The molecule has 0 saturated carbocycles. The molecule has 0 saturated heterocycles. The molecule has 3 nitrogen and oxygen atoms in total. The third kappa shape index (κ3) is 2.07. The number of rotatable bonds is 3. The quantitative estimate of drug-likeness (QED) is 0.772. The highest BCUT2D eigenvalue weighted by molar-refractivity contribution is 5.94. The summed E-state index contributed by atoms with van der Waals surface area (Å²) in [5.41, 5.74) is 1.04. The summed E-state index contributed by atoms with van der Waals surface area (Å²) in [6, 6.07) is 11.1. The molecule has 0 fully saturated rings. The normalized spacial score (nSPS) is 17.0. The summed E-state index contributed by atoms with van der Waals surface area (Å²) in [7, 11) is 0. The molecule has 3 rings (SSSR count). The van der Waals surface area contributed by atoms with E-state index in [9.17, 15) is 4.79 Å². The second-order valence-corrected chi connectivity index (χ2v) is 4.16. The van der Waals surface area contributed by atoms with Crippen LogP contribution in [-0.4, -0.2) is 11.9 Å². The topological polar surface area (TPSA) is 39.4 Å². The van der Waals surface area contributed by atoms with Crippen LogP contribution in [0, 0.1) is 0 Å². The van der Waals surface area contributed by atoms with Crippen molar-refractivity contribution in [3.8, 4) is 5.75 Å². The Balaban J connectivity index is 1.72. The Morgan fingerprint density at radius 3 is 2.89 bits per heavy atom. The fourth-order valence-electron chi connectivity index (χ4n) is 1.97. The van der Waals surface area contributed by atoms with Crippen molar-refractivity contribution in [3.63, 3.8) is 0 Å². The monoisotopic (exact) mass is 240 g/mol. The first-order valence-corrected chi connectivity index (χ1v) is 5.83. The van der Waals surface area contributed by atoms with Gasteiger partial charge in [0.15, 0.2) is 5.76 Å². The molecule has 0 aliphatic carbocycles. The maximum atomic E-state index is 11.9. The van der Waals surface area contributed by atoms with Gasteiger partial charge in [0.2, 0.25) is 5.78 Å². The number of para-hydroxylation sites is 1. The van der Waals surface area contributed by atoms with Crippen LogP contribution in [0.5, 0.6) is 5.75 Å². The number of ether oxygens (including phenoxy) is 1. The molecule has 1 aromatic carbocycles. The summed E-state index contributed by atoms with van der Waals surface area (Å²) >= 11 is 0. The first kappa shape index (κ1) is 10.8. The smallest absolute Gasteiger partial charge is 0.202 e. The Bertz CT molecular complexity index is 582. The summed E-state index contributed by atoms with van der Waals surface area (Å²) in [5, 5.41) is 0. The van der Waals surface area contributed by atoms with E-state index in [0.717, 1.165) is 11.3 Å². The van der Waals surface area contributed by atoms with Gasteiger partial charge in [0.25, 0.3) is 0 Å². The number of hydrogen-bond donors (Lipinski definition) is 0. The van der Waals surface area contributed by atoms with E-state index in [1.807, 2.05) is 36.4 Å². The summed E-state index contributed by atoms with van der Waals surface area (Å²) in [6.45, 7) is 0. The fraction of sp³-hybridized carbons (Fsp3) is 0.133. The molecule has 0 amide bonds. The zero-order valence-electron chi connectivity index (χ0n) is 9.71. The Kier molecular flexibility index (Phi) is 2.73. The molecule has 90 valence electrons. The van der Waals surface area contributed by atoms with Gasteiger partial charge in [-0.25, -0.2) is 0 Å². The van der Waals surface area contributed by atoms with Gasteiger partial charge in [-0.15, -0.1) is 0 Å². The van der Waals surface area contributed by atoms with Crippen LogP contribution < -0.4 is 4.74 Å². The van der Waals surface area contributed by atoms with Crippen LogP contribution in [0.4, 0.5) is 0 Å². The molecule has 2 aromatic rings. The number of fused-ring (bicyclic) bond motifs is 1. The van der Waals surface area contributed by atoms with Gasteiger partial charge in [0.1, 0.15) is 11.9 Å². The average molecular weight is 240 g/mol. The van der Waals surface area contributed by atoms with Gasteiger partial charge in [0.05, 0.1) is 12.7 Å². The summed E-state index contributed by atoms with van der Waals surface area (Å²) in [4.78, 5) is 11.9. The second-order valence-electron chi connectivity index (χ2n) is 4.16. The third-order valence-corrected chi connectivity index (χ3v) is 2.87. The van der Waals surface area contributed by atoms with Gasteiger partial charge in [0, 0.05) is 5.56 Å². The van der Waals surface area contributed by atoms with E-state index in [0.29, 0.717) is 12.2 Å². The molecule has 0 bridgehead atoms. The standard InChI is InChI=1S/C15H12O3/c16-13(15-6-3-9-17-15)10-12-8-7-11-4-1-2-5-14(11)18-12/h1-9,12H,10H2. The van der Waals surface area contributed by atoms with E-state index in [1.54, 1.807) is 12.1 Å². The first-order valence-electron chi connectivity index (χ1n) is 5.83. The lowest BCUT2D eigenvalue weighted by atomic mass is 10.1. The van der Waals surface area contributed by atoms with E-state index in [4.69, 9.17) is 9.15 Å². The minimum Gasteiger partial charge on any atom is -0.485 e. The van der Waals surface area contributed by atoms with Crippen molar-refractivity contribution < 1.29 is 13.9 Å². The predicted octanol–water partition coefficient (Wildman–Crippen LogP) is 3.33. The molecular weight excluding hydrogens is 228 g/mol. The zero-order valence-corrected chi connectivity index (χ0v) is 9.71. The van der Waals surface area contributed by atoms with Crippen LogP contribution in [0.2, 0.25) is 0 Å². The van der Waals surface area contributed by atoms with Crippen molar-refractivity contribution in [3.05, 3.63) is 60.1 Å². The lowest BCUT2D eigenvalue weighted by Crippen LogP contribution is -2.20. The van der Waals surface area contributed by atoms with Crippen molar-refractivity contribution in [2.75, 3.05) is 0 Å². The minimum absolute atomic E-state index is 0.0472. The van der Waals surface area contributed by atoms with E-state index < -0.39 is 0 Å². The van der Waals surface area contributed by atoms with Gasteiger partial charge >= 0.3 is 0 Å². The van der Waals surface area contributed by atoms with Crippen molar-refractivity contribution in [1.82, 2.24) is 0 Å². The Hall–Kier alpha value is -2.29. The molecule has 1 aliphatic rings. The maximum absolute atomic E-state index is 11.9. The Morgan fingerprint density at radius 2 is 2.06 bits per heavy atom. The largest absolute Gasteiger partial charge is 0.485 e. The molecule has 0 radical (unpaired) electrons. The molecule has 3 heteroatoms. The first-order chi connectivity index (χ1) is 8.83. The molecule has 1 aliphatic heterocycles. The highest BCUT2D eigenvalue weighted by Crippen LogP contribution is 2.26. The fourth-order valence-corrected chi connectivity index (χ4v) is 1.97. The molecule has 1 unspecified atom stereocenters. The van der Waals surface area contributed by atoms with Gasteiger partial charge < -0.3 is 9.15 Å². The number of hydrogen-bond acceptors (Lipinski definition) is 3. The van der Waals surface area contributed by atoms with Crippen molar-refractivity contribution in [2.24, 2.45) is 0 Å². The van der Waals surface area contributed by atoms with Crippen LogP contribution in [0.25, 0.3) is 6.08 Å². The molecular formula is C15H12O3. The van der Waals surface area contributed by atoms with Crippen molar-refractivity contribution in [2.45, 2.75) is 12.5 Å². The lowest BCUT2D eigenvalue weighted by Gasteiger charge is -2.20. The van der Waals surface area contributed by atoms with E-state index >= 15 is 0 Å². The molecule has 1 atom stereocenters. The van der Waals surface area contributed by atoms with Crippen LogP contribution >= 0.6 is 0 Å². The Morgan fingerprint density at radius 1 is 1.17 bits per heavy atom. The SMILES string of the molecule is O=C(CC1C=Cc2ccccc2O1)c1ccco1. The van der Waals surface area contributed by atoms with Crippen molar-refractivity contribution >= 4 is 11.9 Å². The van der Waals surface area contributed by atoms with Crippen LogP contribution in [0.3, 0.4) is 0 Å². The van der Waals surface area contributed by atoms with Gasteiger partial charge in [-0.05, 0) is 24.3 Å². The molecule has 0 spiro atoms. The highest BCUT2D eigenvalue weighted by atomic mass is 16.5. The van der Waals surface area contributed by atoms with Gasteiger partial charge in [-0.3, -0.25) is 4.79 Å². The lowest BCUT2D eigenvalue weighted by molar-refractivity contribution is 0.0907. The Labute approximate surface area is 105 Å². The second kappa shape index (κ2) is 4.53. The highest BCUT2D eigenvalue weighted by Gasteiger charge is 2.19. The molecule has 18 heavy (non-hydrogen) atoms. The molecule has 2 heterocycles.